The van der Waals surface area contributed by atoms with Gasteiger partial charge in [0.2, 0.25) is 0 Å². The van der Waals surface area contributed by atoms with Gasteiger partial charge in [0, 0.05) is 28.5 Å². The van der Waals surface area contributed by atoms with Crippen molar-refractivity contribution in [1.82, 2.24) is 10.6 Å². The predicted molar refractivity (Wildman–Crippen MR) is 114 cm³/mol. The Bertz CT molecular complexity index is 909. The number of ether oxygens (including phenoxy) is 2. The zero-order valence-corrected chi connectivity index (χ0v) is 17.1. The summed E-state index contributed by atoms with van der Waals surface area (Å²) < 4.78 is 11.5. The van der Waals surface area contributed by atoms with Gasteiger partial charge in [-0.1, -0.05) is 30.3 Å². The number of carbonyl (C=O) groups is 1. The maximum absolute atomic E-state index is 13.3. The zero-order valence-electron chi connectivity index (χ0n) is 16.2. The first-order valence-corrected chi connectivity index (χ1v) is 9.73. The van der Waals surface area contributed by atoms with E-state index in [0.29, 0.717) is 35.2 Å². The van der Waals surface area contributed by atoms with Crippen molar-refractivity contribution in [3.8, 4) is 11.5 Å². The van der Waals surface area contributed by atoms with Crippen LogP contribution in [0.15, 0.2) is 59.8 Å². The average Bonchev–Trinajstić information content (AvgIpc) is 2.68. The van der Waals surface area contributed by atoms with Crippen molar-refractivity contribution in [3.05, 3.63) is 70.9 Å². The number of hydrogen-bond acceptors (Lipinski definition) is 4. The van der Waals surface area contributed by atoms with Crippen LogP contribution >= 0.6 is 12.2 Å². The molecule has 0 saturated carbocycles. The Morgan fingerprint density at radius 2 is 1.79 bits per heavy atom. The number of rotatable bonds is 7. The van der Waals surface area contributed by atoms with E-state index in [-0.39, 0.29) is 5.78 Å². The summed E-state index contributed by atoms with van der Waals surface area (Å²) in [5.74, 6) is 1.34. The molecule has 0 saturated heterocycles. The molecule has 0 fully saturated rings. The van der Waals surface area contributed by atoms with Crippen molar-refractivity contribution in [2.45, 2.75) is 26.8 Å². The van der Waals surface area contributed by atoms with Crippen molar-refractivity contribution < 1.29 is 14.3 Å². The molecular weight excluding hydrogens is 372 g/mol. The second-order valence-corrected chi connectivity index (χ2v) is 6.74. The van der Waals surface area contributed by atoms with Crippen LogP contribution in [-0.4, -0.2) is 24.1 Å². The fourth-order valence-electron chi connectivity index (χ4n) is 3.26. The van der Waals surface area contributed by atoms with Gasteiger partial charge in [-0.15, -0.1) is 0 Å². The molecule has 1 heterocycles. The lowest BCUT2D eigenvalue weighted by Gasteiger charge is -2.31. The molecule has 0 aromatic heterocycles. The second-order valence-electron chi connectivity index (χ2n) is 6.33. The maximum Gasteiger partial charge on any atom is 0.193 e. The Hall–Kier alpha value is -2.86. The highest BCUT2D eigenvalue weighted by Gasteiger charge is 2.32. The minimum atomic E-state index is -0.418. The number of carbonyl (C=O) groups excluding carboxylic acids is 1. The normalized spacial score (nSPS) is 16.2. The molecule has 6 heteroatoms. The molecule has 5 nitrogen and oxygen atoms in total. The summed E-state index contributed by atoms with van der Waals surface area (Å²) in [6, 6.07) is 14.5. The number of thiocarbonyl (C=S) groups is 1. The fraction of sp³-hybridized carbons (Fsp3) is 0.273. The van der Waals surface area contributed by atoms with Crippen molar-refractivity contribution in [2.24, 2.45) is 0 Å². The molecule has 2 aromatic rings. The molecular formula is C22H24N2O3S. The number of Topliss-reactive ketones (excluding diaryl/α,β-unsaturated/α-hetero) is 1. The van der Waals surface area contributed by atoms with Crippen LogP contribution in [0.3, 0.4) is 0 Å². The van der Waals surface area contributed by atoms with Gasteiger partial charge < -0.3 is 20.1 Å². The van der Waals surface area contributed by atoms with Gasteiger partial charge >= 0.3 is 0 Å². The van der Waals surface area contributed by atoms with E-state index in [4.69, 9.17) is 21.7 Å². The second kappa shape index (κ2) is 8.89. The lowest BCUT2D eigenvalue weighted by Crippen LogP contribution is -2.45. The molecule has 0 radical (unpaired) electrons. The summed E-state index contributed by atoms with van der Waals surface area (Å²) >= 11 is 5.36. The molecule has 3 rings (SSSR count). The van der Waals surface area contributed by atoms with E-state index in [1.54, 1.807) is 0 Å². The summed E-state index contributed by atoms with van der Waals surface area (Å²) in [5, 5.41) is 6.79. The third-order valence-electron chi connectivity index (χ3n) is 4.46. The molecule has 146 valence electrons. The first-order valence-electron chi connectivity index (χ1n) is 9.32. The van der Waals surface area contributed by atoms with Gasteiger partial charge in [0.25, 0.3) is 0 Å². The minimum Gasteiger partial charge on any atom is -0.494 e. The zero-order chi connectivity index (χ0) is 20.1. The Balaban J connectivity index is 2.08. The van der Waals surface area contributed by atoms with Gasteiger partial charge in [0.15, 0.2) is 10.9 Å². The van der Waals surface area contributed by atoms with Gasteiger partial charge in [-0.2, -0.15) is 0 Å². The number of benzene rings is 2. The van der Waals surface area contributed by atoms with Gasteiger partial charge in [0.1, 0.15) is 11.5 Å². The molecule has 0 aliphatic carbocycles. The third-order valence-corrected chi connectivity index (χ3v) is 4.68. The number of ketones is 1. The topological polar surface area (TPSA) is 59.6 Å². The summed E-state index contributed by atoms with van der Waals surface area (Å²) in [5.41, 5.74) is 2.82. The molecule has 2 aromatic carbocycles. The highest BCUT2D eigenvalue weighted by Crippen LogP contribution is 2.36. The lowest BCUT2D eigenvalue weighted by atomic mass is 9.89. The molecule has 2 N–H and O–H groups in total. The lowest BCUT2D eigenvalue weighted by molar-refractivity contribution is 0.102. The average molecular weight is 397 g/mol. The van der Waals surface area contributed by atoms with Crippen molar-refractivity contribution in [2.75, 3.05) is 13.2 Å². The van der Waals surface area contributed by atoms with E-state index in [9.17, 15) is 4.79 Å². The van der Waals surface area contributed by atoms with Crippen molar-refractivity contribution >= 4 is 23.1 Å². The van der Waals surface area contributed by atoms with Gasteiger partial charge in [-0.05, 0) is 45.1 Å². The van der Waals surface area contributed by atoms with Gasteiger partial charge in [-0.25, -0.2) is 0 Å². The Morgan fingerprint density at radius 1 is 1.07 bits per heavy atom. The van der Waals surface area contributed by atoms with E-state index in [0.717, 1.165) is 17.0 Å². The van der Waals surface area contributed by atoms with E-state index >= 15 is 0 Å². The quantitative estimate of drug-likeness (QED) is 0.541. The maximum atomic E-state index is 13.3. The first-order chi connectivity index (χ1) is 13.5. The number of nitrogens with one attached hydrogen (secondary N) is 2. The first kappa shape index (κ1) is 19.9. The fourth-order valence-corrected chi connectivity index (χ4v) is 3.53. The van der Waals surface area contributed by atoms with E-state index < -0.39 is 6.04 Å². The standard InChI is InChI=1S/C22H24N2O3S/c1-4-26-16-11-12-17(18(13-16)27-5-2)20-19(14(3)23-22(28)24-20)21(25)15-9-7-6-8-10-15/h6-13,20H,4-5H2,1-3H3,(H2,23,24,28). The van der Waals surface area contributed by atoms with E-state index in [1.807, 2.05) is 69.3 Å². The highest BCUT2D eigenvalue weighted by atomic mass is 32.1. The van der Waals surface area contributed by atoms with Crippen LogP contribution < -0.4 is 20.1 Å². The van der Waals surface area contributed by atoms with Crippen LogP contribution in [0.25, 0.3) is 0 Å². The molecule has 1 aliphatic rings. The van der Waals surface area contributed by atoms with Crippen LogP contribution in [0.1, 0.15) is 42.7 Å². The Kier molecular flexibility index (Phi) is 6.31. The smallest absolute Gasteiger partial charge is 0.193 e. The van der Waals surface area contributed by atoms with Crippen LogP contribution in [0.5, 0.6) is 11.5 Å². The summed E-state index contributed by atoms with van der Waals surface area (Å²) in [4.78, 5) is 13.3. The van der Waals surface area contributed by atoms with Crippen LogP contribution in [-0.2, 0) is 0 Å². The van der Waals surface area contributed by atoms with Crippen LogP contribution in [0, 0.1) is 0 Å². The van der Waals surface area contributed by atoms with Crippen molar-refractivity contribution in [3.63, 3.8) is 0 Å². The molecule has 0 bridgehead atoms. The SMILES string of the molecule is CCOc1ccc(C2NC(=S)NC(C)=C2C(=O)c2ccccc2)c(OCC)c1. The Labute approximate surface area is 170 Å². The molecule has 1 unspecified atom stereocenters. The van der Waals surface area contributed by atoms with E-state index in [1.165, 1.54) is 0 Å². The van der Waals surface area contributed by atoms with Gasteiger partial charge in [0.05, 0.1) is 19.3 Å². The molecule has 1 atom stereocenters. The molecule has 0 spiro atoms. The summed E-state index contributed by atoms with van der Waals surface area (Å²) in [7, 11) is 0. The predicted octanol–water partition coefficient (Wildman–Crippen LogP) is 4.16. The van der Waals surface area contributed by atoms with Gasteiger partial charge in [-0.3, -0.25) is 4.79 Å². The largest absolute Gasteiger partial charge is 0.494 e. The highest BCUT2D eigenvalue weighted by molar-refractivity contribution is 7.80. The van der Waals surface area contributed by atoms with Crippen LogP contribution in [0.2, 0.25) is 0 Å². The van der Waals surface area contributed by atoms with E-state index in [2.05, 4.69) is 10.6 Å². The summed E-state index contributed by atoms with van der Waals surface area (Å²) in [6.45, 7) is 6.80. The molecule has 28 heavy (non-hydrogen) atoms. The number of allylic oxidation sites excluding steroid dienone is 1. The number of hydrogen-bond donors (Lipinski definition) is 2. The Morgan fingerprint density at radius 3 is 2.46 bits per heavy atom. The summed E-state index contributed by atoms with van der Waals surface area (Å²) in [6.07, 6.45) is 0. The van der Waals surface area contributed by atoms with Crippen molar-refractivity contribution in [1.29, 1.82) is 0 Å². The molecule has 1 aliphatic heterocycles. The molecule has 0 amide bonds. The minimum absolute atomic E-state index is 0.0538. The van der Waals surface area contributed by atoms with Crippen LogP contribution in [0.4, 0.5) is 0 Å². The third kappa shape index (κ3) is 4.17. The monoisotopic (exact) mass is 396 g/mol.